The number of hydrogen-bond donors (Lipinski definition) is 1. The van der Waals surface area contributed by atoms with Crippen LogP contribution in [0.2, 0.25) is 0 Å². The molecule has 0 unspecified atom stereocenters. The molecule has 18 heavy (non-hydrogen) atoms. The van der Waals surface area contributed by atoms with Crippen molar-refractivity contribution in [2.75, 3.05) is 13.7 Å². The molecule has 0 aliphatic rings. The molecule has 1 aromatic rings. The molecule has 0 amide bonds. The molecule has 0 fully saturated rings. The van der Waals surface area contributed by atoms with Gasteiger partial charge in [0.15, 0.2) is 0 Å². The van der Waals surface area contributed by atoms with Gasteiger partial charge in [-0.2, -0.15) is 0 Å². The van der Waals surface area contributed by atoms with Crippen LogP contribution in [0.4, 0.5) is 8.78 Å². The van der Waals surface area contributed by atoms with Gasteiger partial charge in [0.25, 0.3) is 6.43 Å². The van der Waals surface area contributed by atoms with E-state index in [9.17, 15) is 13.6 Å². The summed E-state index contributed by atoms with van der Waals surface area (Å²) >= 11 is 0. The summed E-state index contributed by atoms with van der Waals surface area (Å²) in [5.74, 6) is -0.706. The Morgan fingerprint density at radius 1 is 1.56 bits per heavy atom. The number of esters is 1. The van der Waals surface area contributed by atoms with Gasteiger partial charge in [0.2, 0.25) is 0 Å². The molecule has 0 aliphatic carbocycles. The summed E-state index contributed by atoms with van der Waals surface area (Å²) in [6, 6.07) is 1.01. The predicted octanol–water partition coefficient (Wildman–Crippen LogP) is 1.66. The van der Waals surface area contributed by atoms with E-state index in [2.05, 4.69) is 4.98 Å². The first-order valence-corrected chi connectivity index (χ1v) is 5.28. The van der Waals surface area contributed by atoms with Crippen molar-refractivity contribution >= 4 is 5.97 Å². The average molecular weight is 260 g/mol. The quantitative estimate of drug-likeness (QED) is 0.815. The number of carbonyl (C=O) groups is 1. The molecule has 0 bridgehead atoms. The lowest BCUT2D eigenvalue weighted by Crippen LogP contribution is -2.15. The molecule has 1 aromatic heterocycles. The number of aromatic nitrogens is 1. The Balaban J connectivity index is 3.34. The zero-order chi connectivity index (χ0) is 13.7. The topological polar surface area (TPSA) is 74.4 Å². The first-order chi connectivity index (χ1) is 8.54. The van der Waals surface area contributed by atoms with Crippen molar-refractivity contribution in [3.8, 4) is 5.75 Å². The molecule has 0 spiro atoms. The molecule has 0 aliphatic heterocycles. The minimum absolute atomic E-state index is 0.00810. The van der Waals surface area contributed by atoms with Crippen LogP contribution in [0, 0.1) is 0 Å². The van der Waals surface area contributed by atoms with Gasteiger partial charge in [-0.15, -0.1) is 0 Å². The van der Waals surface area contributed by atoms with Crippen molar-refractivity contribution in [3.05, 3.63) is 23.0 Å². The largest absolute Gasteiger partial charge is 0.496 e. The van der Waals surface area contributed by atoms with E-state index in [1.165, 1.54) is 7.11 Å². The van der Waals surface area contributed by atoms with Gasteiger partial charge in [0.1, 0.15) is 17.0 Å². The maximum atomic E-state index is 12.6. The zero-order valence-corrected chi connectivity index (χ0v) is 10.1. The van der Waals surface area contributed by atoms with E-state index >= 15 is 0 Å². The Morgan fingerprint density at radius 2 is 2.22 bits per heavy atom. The van der Waals surface area contributed by atoms with Gasteiger partial charge in [0.05, 0.1) is 19.4 Å². The van der Waals surface area contributed by atoms with E-state index in [1.807, 2.05) is 0 Å². The predicted molar refractivity (Wildman–Crippen MR) is 59.6 cm³/mol. The molecule has 1 rings (SSSR count). The highest BCUT2D eigenvalue weighted by atomic mass is 19.3. The lowest BCUT2D eigenvalue weighted by molar-refractivity contribution is 0.0519. The molecule has 7 heteroatoms. The van der Waals surface area contributed by atoms with Gasteiger partial charge in [0, 0.05) is 12.6 Å². The number of methoxy groups -OCH3 is 1. The van der Waals surface area contributed by atoms with Crippen LogP contribution in [0.25, 0.3) is 0 Å². The summed E-state index contributed by atoms with van der Waals surface area (Å²) in [6.45, 7) is 1.63. The number of nitrogens with zero attached hydrogens (tertiary/aromatic N) is 1. The normalized spacial score (nSPS) is 10.6. The minimum atomic E-state index is -2.76. The van der Waals surface area contributed by atoms with Gasteiger partial charge in [-0.25, -0.2) is 18.6 Å². The number of nitrogens with two attached hydrogens (primary N) is 1. The number of carbonyl (C=O) groups excluding carboxylic acids is 1. The average Bonchev–Trinajstić information content (AvgIpc) is 2.36. The first kappa shape index (κ1) is 14.3. The van der Waals surface area contributed by atoms with Crippen LogP contribution in [0.3, 0.4) is 0 Å². The van der Waals surface area contributed by atoms with E-state index in [0.717, 1.165) is 6.07 Å². The van der Waals surface area contributed by atoms with E-state index in [4.69, 9.17) is 15.2 Å². The maximum absolute atomic E-state index is 12.6. The second-order valence-electron chi connectivity index (χ2n) is 3.30. The van der Waals surface area contributed by atoms with Crippen molar-refractivity contribution < 1.29 is 23.0 Å². The molecule has 0 radical (unpaired) electrons. The van der Waals surface area contributed by atoms with Crippen molar-refractivity contribution in [1.29, 1.82) is 0 Å². The maximum Gasteiger partial charge on any atom is 0.343 e. The smallest absolute Gasteiger partial charge is 0.343 e. The van der Waals surface area contributed by atoms with Crippen LogP contribution in [-0.4, -0.2) is 24.7 Å². The van der Waals surface area contributed by atoms with Crippen molar-refractivity contribution in [3.63, 3.8) is 0 Å². The fourth-order valence-electron chi connectivity index (χ4n) is 1.43. The minimum Gasteiger partial charge on any atom is -0.496 e. The third-order valence-electron chi connectivity index (χ3n) is 2.19. The lowest BCUT2D eigenvalue weighted by Gasteiger charge is -2.13. The van der Waals surface area contributed by atoms with Gasteiger partial charge in [-0.1, -0.05) is 0 Å². The summed E-state index contributed by atoms with van der Waals surface area (Å²) in [6.07, 6.45) is -2.76. The monoisotopic (exact) mass is 260 g/mol. The second-order valence-corrected chi connectivity index (χ2v) is 3.30. The van der Waals surface area contributed by atoms with Gasteiger partial charge < -0.3 is 15.2 Å². The molecule has 0 saturated heterocycles. The first-order valence-electron chi connectivity index (χ1n) is 5.28. The highest BCUT2D eigenvalue weighted by Crippen LogP contribution is 2.27. The van der Waals surface area contributed by atoms with Crippen LogP contribution < -0.4 is 10.5 Å². The summed E-state index contributed by atoms with van der Waals surface area (Å²) in [5.41, 5.74) is 4.94. The third-order valence-corrected chi connectivity index (χ3v) is 2.19. The van der Waals surface area contributed by atoms with Crippen LogP contribution in [0.15, 0.2) is 6.07 Å². The molecular formula is C11H14F2N2O3. The number of pyridine rings is 1. The second kappa shape index (κ2) is 6.25. The van der Waals surface area contributed by atoms with Crippen molar-refractivity contribution in [2.45, 2.75) is 19.9 Å². The molecule has 0 aromatic carbocycles. The van der Waals surface area contributed by atoms with Crippen LogP contribution in [-0.2, 0) is 11.3 Å². The number of halogens is 2. The zero-order valence-electron chi connectivity index (χ0n) is 10.1. The lowest BCUT2D eigenvalue weighted by atomic mass is 10.1. The highest BCUT2D eigenvalue weighted by Gasteiger charge is 2.23. The van der Waals surface area contributed by atoms with Crippen LogP contribution >= 0.6 is 0 Å². The molecule has 100 valence electrons. The summed E-state index contributed by atoms with van der Waals surface area (Å²) < 4.78 is 34.9. The Labute approximate surface area is 103 Å². The Hall–Kier alpha value is -1.76. The number of hydrogen-bond acceptors (Lipinski definition) is 5. The summed E-state index contributed by atoms with van der Waals surface area (Å²) in [5, 5.41) is 0. The SMILES string of the molecule is CCOC(=O)c1c(OC)cc(C(F)F)nc1CN. The molecule has 2 N–H and O–H groups in total. The fraction of sp³-hybridized carbons (Fsp3) is 0.455. The third kappa shape index (κ3) is 2.92. The number of rotatable bonds is 5. The Kier molecular flexibility index (Phi) is 4.96. The summed E-state index contributed by atoms with van der Waals surface area (Å²) in [7, 11) is 1.27. The molecule has 0 atom stereocenters. The number of alkyl halides is 2. The number of ether oxygens (including phenoxy) is 2. The van der Waals surface area contributed by atoms with E-state index < -0.39 is 18.1 Å². The molecule has 1 heterocycles. The van der Waals surface area contributed by atoms with Gasteiger partial charge in [-0.05, 0) is 6.92 Å². The van der Waals surface area contributed by atoms with E-state index in [-0.39, 0.29) is 30.2 Å². The molecular weight excluding hydrogens is 246 g/mol. The van der Waals surface area contributed by atoms with E-state index in [0.29, 0.717) is 0 Å². The van der Waals surface area contributed by atoms with Crippen LogP contribution in [0.1, 0.15) is 35.1 Å². The van der Waals surface area contributed by atoms with Gasteiger partial charge in [-0.3, -0.25) is 0 Å². The van der Waals surface area contributed by atoms with Gasteiger partial charge >= 0.3 is 5.97 Å². The Bertz CT molecular complexity index is 413. The fourth-order valence-corrected chi connectivity index (χ4v) is 1.43. The van der Waals surface area contributed by atoms with E-state index in [1.54, 1.807) is 6.92 Å². The van der Waals surface area contributed by atoms with Crippen molar-refractivity contribution in [1.82, 2.24) is 4.98 Å². The highest BCUT2D eigenvalue weighted by molar-refractivity contribution is 5.93. The Morgan fingerprint density at radius 3 is 2.67 bits per heavy atom. The molecule has 5 nitrogen and oxygen atoms in total. The summed E-state index contributed by atoms with van der Waals surface area (Å²) in [4.78, 5) is 15.3. The van der Waals surface area contributed by atoms with Crippen LogP contribution in [0.5, 0.6) is 5.75 Å². The van der Waals surface area contributed by atoms with Crippen molar-refractivity contribution in [2.24, 2.45) is 5.73 Å². The standard InChI is InChI=1S/C11H14F2N2O3/c1-3-18-11(16)9-7(5-14)15-6(10(12)13)4-8(9)17-2/h4,10H,3,5,14H2,1-2H3. The molecule has 0 saturated carbocycles.